The smallest absolute Gasteiger partial charge is 0.122 e. The maximum Gasteiger partial charge on any atom is 0.122 e. The molecule has 0 bridgehead atoms. The topological polar surface area (TPSA) is 29.5 Å². The van der Waals surface area contributed by atoms with Crippen LogP contribution >= 0.6 is 0 Å². The molecule has 1 aromatic rings. The van der Waals surface area contributed by atoms with Crippen LogP contribution in [0.15, 0.2) is 24.3 Å². The first-order valence-corrected chi connectivity index (χ1v) is 6.67. The molecule has 1 atom stereocenters. The molecule has 1 aliphatic rings. The molecular formula is C15H22O2. The summed E-state index contributed by atoms with van der Waals surface area (Å²) in [5.74, 6) is 1.61. The van der Waals surface area contributed by atoms with Gasteiger partial charge in [0.15, 0.2) is 0 Å². The lowest BCUT2D eigenvalue weighted by Gasteiger charge is -2.24. The fourth-order valence-electron chi connectivity index (χ4n) is 2.57. The van der Waals surface area contributed by atoms with Crippen LogP contribution in [-0.4, -0.2) is 17.8 Å². The van der Waals surface area contributed by atoms with Gasteiger partial charge in [-0.25, -0.2) is 0 Å². The summed E-state index contributed by atoms with van der Waals surface area (Å²) in [6.45, 7) is 2.13. The monoisotopic (exact) mass is 234 g/mol. The molecule has 0 saturated heterocycles. The number of hydrogen-bond donors (Lipinski definition) is 1. The Balaban J connectivity index is 2.09. The van der Waals surface area contributed by atoms with E-state index < -0.39 is 6.10 Å². The van der Waals surface area contributed by atoms with E-state index in [1.165, 1.54) is 37.7 Å². The second-order valence-electron chi connectivity index (χ2n) is 5.03. The van der Waals surface area contributed by atoms with Gasteiger partial charge in [-0.2, -0.15) is 0 Å². The highest BCUT2D eigenvalue weighted by Crippen LogP contribution is 2.37. The van der Waals surface area contributed by atoms with Gasteiger partial charge >= 0.3 is 0 Å². The number of ether oxygens (including phenoxy) is 1. The molecule has 1 unspecified atom stereocenters. The van der Waals surface area contributed by atoms with Crippen molar-refractivity contribution in [3.05, 3.63) is 29.8 Å². The molecule has 2 nitrogen and oxygen atoms in total. The van der Waals surface area contributed by atoms with E-state index in [0.29, 0.717) is 12.5 Å². The van der Waals surface area contributed by atoms with Crippen LogP contribution in [0.1, 0.15) is 50.5 Å². The summed E-state index contributed by atoms with van der Waals surface area (Å²) in [5, 5.41) is 9.29. The van der Waals surface area contributed by atoms with Crippen LogP contribution < -0.4 is 4.74 Å². The van der Waals surface area contributed by atoms with Crippen molar-refractivity contribution in [3.63, 3.8) is 0 Å². The molecule has 17 heavy (non-hydrogen) atoms. The molecule has 0 aromatic heterocycles. The zero-order chi connectivity index (χ0) is 12.1. The summed E-state index contributed by atoms with van der Waals surface area (Å²) < 4.78 is 5.70. The second kappa shape index (κ2) is 6.06. The standard InChI is InChI=1S/C15H22O2/c1-12(16)11-17-15-10-6-5-9-14(15)13-7-3-2-4-8-13/h5-6,9-10,12-13,16H,2-4,7-8,11H2,1H3. The quantitative estimate of drug-likeness (QED) is 0.864. The molecule has 0 amide bonds. The predicted octanol–water partition coefficient (Wildman–Crippen LogP) is 3.49. The van der Waals surface area contributed by atoms with Crippen LogP contribution in [0.2, 0.25) is 0 Å². The van der Waals surface area contributed by atoms with Gasteiger partial charge in [-0.3, -0.25) is 0 Å². The Kier molecular flexibility index (Phi) is 4.43. The van der Waals surface area contributed by atoms with E-state index in [-0.39, 0.29) is 0 Å². The normalized spacial score (nSPS) is 18.9. The first kappa shape index (κ1) is 12.4. The van der Waals surface area contributed by atoms with E-state index in [9.17, 15) is 5.11 Å². The van der Waals surface area contributed by atoms with Crippen LogP contribution in [-0.2, 0) is 0 Å². The lowest BCUT2D eigenvalue weighted by molar-refractivity contribution is 0.121. The Morgan fingerprint density at radius 3 is 2.65 bits per heavy atom. The van der Waals surface area contributed by atoms with Crippen LogP contribution in [0.4, 0.5) is 0 Å². The number of aliphatic hydroxyl groups excluding tert-OH is 1. The lowest BCUT2D eigenvalue weighted by Crippen LogP contribution is -2.14. The molecule has 1 fully saturated rings. The number of benzene rings is 1. The zero-order valence-corrected chi connectivity index (χ0v) is 10.6. The van der Waals surface area contributed by atoms with Crippen molar-refractivity contribution in [2.75, 3.05) is 6.61 Å². The minimum atomic E-state index is -0.408. The Hall–Kier alpha value is -1.02. The average molecular weight is 234 g/mol. The largest absolute Gasteiger partial charge is 0.491 e. The van der Waals surface area contributed by atoms with E-state index in [0.717, 1.165) is 5.75 Å². The van der Waals surface area contributed by atoms with Gasteiger partial charge in [0.25, 0.3) is 0 Å². The maximum atomic E-state index is 9.29. The third kappa shape index (κ3) is 3.47. The van der Waals surface area contributed by atoms with Gasteiger partial charge < -0.3 is 9.84 Å². The van der Waals surface area contributed by atoms with Crippen LogP contribution in [0, 0.1) is 0 Å². The number of rotatable bonds is 4. The second-order valence-corrected chi connectivity index (χ2v) is 5.03. The minimum absolute atomic E-state index is 0.379. The molecule has 2 rings (SSSR count). The van der Waals surface area contributed by atoms with Crippen molar-refractivity contribution in [1.82, 2.24) is 0 Å². The van der Waals surface area contributed by atoms with Gasteiger partial charge in [0.05, 0.1) is 6.10 Å². The van der Waals surface area contributed by atoms with Crippen LogP contribution in [0.5, 0.6) is 5.75 Å². The van der Waals surface area contributed by atoms with Gasteiger partial charge in [-0.1, -0.05) is 37.5 Å². The van der Waals surface area contributed by atoms with E-state index in [2.05, 4.69) is 12.1 Å². The van der Waals surface area contributed by atoms with E-state index in [4.69, 9.17) is 4.74 Å². The molecule has 94 valence electrons. The summed E-state index contributed by atoms with van der Waals surface area (Å²) in [4.78, 5) is 0. The summed E-state index contributed by atoms with van der Waals surface area (Å²) in [6, 6.07) is 8.28. The summed E-state index contributed by atoms with van der Waals surface area (Å²) in [7, 11) is 0. The number of aliphatic hydroxyl groups is 1. The van der Waals surface area contributed by atoms with Crippen LogP contribution in [0.3, 0.4) is 0 Å². The highest BCUT2D eigenvalue weighted by molar-refractivity contribution is 5.36. The van der Waals surface area contributed by atoms with E-state index in [1.807, 2.05) is 12.1 Å². The van der Waals surface area contributed by atoms with Crippen molar-refractivity contribution in [2.45, 2.75) is 51.0 Å². The Bertz CT molecular complexity index is 341. The summed E-state index contributed by atoms with van der Waals surface area (Å²) in [5.41, 5.74) is 1.33. The first-order chi connectivity index (χ1) is 8.27. The summed E-state index contributed by atoms with van der Waals surface area (Å²) in [6.07, 6.45) is 6.16. The SMILES string of the molecule is CC(O)COc1ccccc1C1CCCCC1. The van der Waals surface area contributed by atoms with Crippen molar-refractivity contribution in [1.29, 1.82) is 0 Å². The van der Waals surface area contributed by atoms with Gasteiger partial charge in [0, 0.05) is 0 Å². The number of para-hydroxylation sites is 1. The molecular weight excluding hydrogens is 212 g/mol. The fourth-order valence-corrected chi connectivity index (χ4v) is 2.57. The average Bonchev–Trinajstić information content (AvgIpc) is 2.38. The Morgan fingerprint density at radius 1 is 1.24 bits per heavy atom. The van der Waals surface area contributed by atoms with Gasteiger partial charge in [0.1, 0.15) is 12.4 Å². The number of hydrogen-bond acceptors (Lipinski definition) is 2. The fraction of sp³-hybridized carbons (Fsp3) is 0.600. The van der Waals surface area contributed by atoms with Crippen LogP contribution in [0.25, 0.3) is 0 Å². The van der Waals surface area contributed by atoms with Crippen molar-refractivity contribution in [2.24, 2.45) is 0 Å². The zero-order valence-electron chi connectivity index (χ0n) is 10.6. The predicted molar refractivity (Wildman–Crippen MR) is 69.4 cm³/mol. The lowest BCUT2D eigenvalue weighted by atomic mass is 9.84. The van der Waals surface area contributed by atoms with Gasteiger partial charge in [-0.15, -0.1) is 0 Å². The molecule has 0 heterocycles. The molecule has 2 heteroatoms. The third-order valence-electron chi connectivity index (χ3n) is 3.44. The molecule has 1 aromatic carbocycles. The Morgan fingerprint density at radius 2 is 1.94 bits per heavy atom. The highest BCUT2D eigenvalue weighted by Gasteiger charge is 2.18. The molecule has 0 spiro atoms. The molecule has 0 aliphatic heterocycles. The molecule has 1 saturated carbocycles. The third-order valence-corrected chi connectivity index (χ3v) is 3.44. The van der Waals surface area contributed by atoms with Crippen molar-refractivity contribution >= 4 is 0 Å². The summed E-state index contributed by atoms with van der Waals surface area (Å²) >= 11 is 0. The first-order valence-electron chi connectivity index (χ1n) is 6.67. The molecule has 0 radical (unpaired) electrons. The van der Waals surface area contributed by atoms with E-state index in [1.54, 1.807) is 6.92 Å². The van der Waals surface area contributed by atoms with Crippen molar-refractivity contribution in [3.8, 4) is 5.75 Å². The molecule has 1 N–H and O–H groups in total. The Labute approximate surface area is 104 Å². The van der Waals surface area contributed by atoms with E-state index >= 15 is 0 Å². The highest BCUT2D eigenvalue weighted by atomic mass is 16.5. The van der Waals surface area contributed by atoms with Gasteiger partial charge in [-0.05, 0) is 37.3 Å². The van der Waals surface area contributed by atoms with Gasteiger partial charge in [0.2, 0.25) is 0 Å². The minimum Gasteiger partial charge on any atom is -0.491 e. The van der Waals surface area contributed by atoms with Crippen molar-refractivity contribution < 1.29 is 9.84 Å². The maximum absolute atomic E-state index is 9.29. The molecule has 1 aliphatic carbocycles.